The summed E-state index contributed by atoms with van der Waals surface area (Å²) in [6, 6.07) is 12.7. The molecule has 2 saturated heterocycles. The Hall–Kier alpha value is -2.38. The summed E-state index contributed by atoms with van der Waals surface area (Å²) >= 11 is 0. The molecule has 156 valence electrons. The molecule has 2 aromatic rings. The molecule has 2 atom stereocenters. The molecule has 7 nitrogen and oxygen atoms in total. The van der Waals surface area contributed by atoms with Crippen LogP contribution in [0.2, 0.25) is 0 Å². The first-order chi connectivity index (χ1) is 14.0. The van der Waals surface area contributed by atoms with Gasteiger partial charge in [0.05, 0.1) is 17.5 Å². The minimum atomic E-state index is -0.178. The molecule has 3 heterocycles. The number of benzene rings is 1. The van der Waals surface area contributed by atoms with Gasteiger partial charge in [0.1, 0.15) is 11.9 Å². The maximum absolute atomic E-state index is 12.2. The van der Waals surface area contributed by atoms with Crippen molar-refractivity contribution in [2.45, 2.75) is 45.4 Å². The SMILES string of the molecule is Cc1cc(N2CCN([C@@H]3CN[C@H](C(=O)OC(C)C)C3)CC2)n(-c2ccccc2)n1. The number of esters is 1. The fraction of sp³-hybridized carbons (Fsp3) is 0.545. The van der Waals surface area contributed by atoms with E-state index in [1.165, 1.54) is 0 Å². The topological polar surface area (TPSA) is 62.6 Å². The van der Waals surface area contributed by atoms with Crippen LogP contribution in [0, 0.1) is 6.92 Å². The number of para-hydroxylation sites is 1. The highest BCUT2D eigenvalue weighted by atomic mass is 16.5. The lowest BCUT2D eigenvalue weighted by molar-refractivity contribution is -0.149. The van der Waals surface area contributed by atoms with Gasteiger partial charge in [-0.05, 0) is 39.3 Å². The summed E-state index contributed by atoms with van der Waals surface area (Å²) in [5, 5.41) is 8.05. The Bertz CT molecular complexity index is 827. The largest absolute Gasteiger partial charge is 0.462 e. The first-order valence-electron chi connectivity index (χ1n) is 10.6. The van der Waals surface area contributed by atoms with E-state index in [4.69, 9.17) is 9.84 Å². The first kappa shape index (κ1) is 19.9. The normalized spacial score (nSPS) is 23.0. The highest BCUT2D eigenvalue weighted by Gasteiger charge is 2.35. The van der Waals surface area contributed by atoms with Crippen molar-refractivity contribution in [3.63, 3.8) is 0 Å². The molecule has 0 unspecified atom stereocenters. The summed E-state index contributed by atoms with van der Waals surface area (Å²) < 4.78 is 7.41. The molecule has 0 aliphatic carbocycles. The Labute approximate surface area is 172 Å². The minimum Gasteiger partial charge on any atom is -0.462 e. The highest BCUT2D eigenvalue weighted by Crippen LogP contribution is 2.24. The van der Waals surface area contributed by atoms with Crippen LogP contribution in [0.5, 0.6) is 0 Å². The molecule has 1 aromatic heterocycles. The van der Waals surface area contributed by atoms with E-state index in [0.717, 1.165) is 56.3 Å². The van der Waals surface area contributed by atoms with Crippen molar-refractivity contribution in [2.75, 3.05) is 37.6 Å². The van der Waals surface area contributed by atoms with Crippen LogP contribution in [0.3, 0.4) is 0 Å². The molecule has 2 aliphatic heterocycles. The first-order valence-corrected chi connectivity index (χ1v) is 10.6. The standard InChI is InChI=1S/C22H31N5O2/c1-16(2)29-22(28)20-14-19(15-23-20)25-9-11-26(12-10-25)21-13-17(3)24-27(21)18-7-5-4-6-8-18/h4-8,13,16,19-20,23H,9-12,14-15H2,1-3H3/t19-,20-/m0/s1. The second-order valence-corrected chi connectivity index (χ2v) is 8.25. The summed E-state index contributed by atoms with van der Waals surface area (Å²) in [7, 11) is 0. The van der Waals surface area contributed by atoms with Crippen molar-refractivity contribution in [1.29, 1.82) is 0 Å². The van der Waals surface area contributed by atoms with Crippen molar-refractivity contribution in [2.24, 2.45) is 0 Å². The van der Waals surface area contributed by atoms with Gasteiger partial charge in [-0.25, -0.2) is 4.68 Å². The molecular weight excluding hydrogens is 366 g/mol. The van der Waals surface area contributed by atoms with Crippen LogP contribution < -0.4 is 10.2 Å². The van der Waals surface area contributed by atoms with Gasteiger partial charge in [0, 0.05) is 44.8 Å². The minimum absolute atomic E-state index is 0.0650. The van der Waals surface area contributed by atoms with Crippen LogP contribution in [0.1, 0.15) is 26.0 Å². The maximum Gasteiger partial charge on any atom is 0.323 e. The van der Waals surface area contributed by atoms with Gasteiger partial charge in [0.25, 0.3) is 0 Å². The third-order valence-corrected chi connectivity index (χ3v) is 5.71. The lowest BCUT2D eigenvalue weighted by Gasteiger charge is -2.38. The number of nitrogens with one attached hydrogen (secondary N) is 1. The van der Waals surface area contributed by atoms with Crippen LogP contribution in [0.15, 0.2) is 36.4 Å². The van der Waals surface area contributed by atoms with Gasteiger partial charge in [0.2, 0.25) is 0 Å². The van der Waals surface area contributed by atoms with E-state index in [9.17, 15) is 4.79 Å². The zero-order valence-corrected chi connectivity index (χ0v) is 17.5. The number of carbonyl (C=O) groups is 1. The van der Waals surface area contributed by atoms with E-state index in [1.54, 1.807) is 0 Å². The van der Waals surface area contributed by atoms with E-state index < -0.39 is 0 Å². The van der Waals surface area contributed by atoms with Crippen molar-refractivity contribution in [3.05, 3.63) is 42.1 Å². The summed E-state index contributed by atoms with van der Waals surface area (Å²) in [5.74, 6) is 1.03. The molecule has 0 saturated carbocycles. The molecule has 0 radical (unpaired) electrons. The fourth-order valence-electron chi connectivity index (χ4n) is 4.28. The summed E-state index contributed by atoms with van der Waals surface area (Å²) in [6.07, 6.45) is 0.761. The maximum atomic E-state index is 12.2. The lowest BCUT2D eigenvalue weighted by atomic mass is 10.1. The van der Waals surface area contributed by atoms with Crippen LogP contribution in [-0.4, -0.2) is 71.6 Å². The molecule has 1 N–H and O–H groups in total. The quantitative estimate of drug-likeness (QED) is 0.779. The number of anilines is 1. The second-order valence-electron chi connectivity index (χ2n) is 8.25. The molecule has 29 heavy (non-hydrogen) atoms. The Kier molecular flexibility index (Phi) is 5.87. The zero-order chi connectivity index (χ0) is 20.4. The van der Waals surface area contributed by atoms with E-state index in [2.05, 4.69) is 33.3 Å². The number of hydrogen-bond acceptors (Lipinski definition) is 6. The average molecular weight is 398 g/mol. The van der Waals surface area contributed by atoms with Crippen molar-refractivity contribution in [3.8, 4) is 5.69 Å². The Morgan fingerprint density at radius 1 is 1.17 bits per heavy atom. The van der Waals surface area contributed by atoms with Crippen molar-refractivity contribution < 1.29 is 9.53 Å². The van der Waals surface area contributed by atoms with Gasteiger partial charge in [0.15, 0.2) is 0 Å². The Morgan fingerprint density at radius 2 is 1.90 bits per heavy atom. The number of aromatic nitrogens is 2. The van der Waals surface area contributed by atoms with Gasteiger partial charge >= 0.3 is 5.97 Å². The second kappa shape index (κ2) is 8.55. The zero-order valence-electron chi connectivity index (χ0n) is 17.5. The summed E-state index contributed by atoms with van der Waals surface area (Å²) in [5.41, 5.74) is 2.11. The van der Waals surface area contributed by atoms with E-state index in [1.807, 2.05) is 43.7 Å². The van der Waals surface area contributed by atoms with Crippen molar-refractivity contribution >= 4 is 11.8 Å². The molecule has 4 rings (SSSR count). The number of hydrogen-bond donors (Lipinski definition) is 1. The van der Waals surface area contributed by atoms with E-state index in [0.29, 0.717) is 6.04 Å². The fourth-order valence-corrected chi connectivity index (χ4v) is 4.28. The van der Waals surface area contributed by atoms with Gasteiger partial charge in [-0.2, -0.15) is 5.10 Å². The van der Waals surface area contributed by atoms with Crippen LogP contribution in [-0.2, 0) is 9.53 Å². The predicted octanol–water partition coefficient (Wildman–Crippen LogP) is 1.98. The average Bonchev–Trinajstić information content (AvgIpc) is 3.35. The van der Waals surface area contributed by atoms with E-state index >= 15 is 0 Å². The molecule has 2 aliphatic rings. The third kappa shape index (κ3) is 4.46. The van der Waals surface area contributed by atoms with Gasteiger partial charge in [-0.3, -0.25) is 9.69 Å². The Balaban J connectivity index is 1.37. The number of rotatable bonds is 5. The summed E-state index contributed by atoms with van der Waals surface area (Å²) in [4.78, 5) is 17.1. The van der Waals surface area contributed by atoms with Crippen LogP contribution in [0.25, 0.3) is 5.69 Å². The number of carbonyl (C=O) groups excluding carboxylic acids is 1. The monoisotopic (exact) mass is 397 g/mol. The van der Waals surface area contributed by atoms with Crippen LogP contribution >= 0.6 is 0 Å². The molecule has 0 spiro atoms. The number of aryl methyl sites for hydroxylation is 1. The molecule has 0 amide bonds. The number of piperazine rings is 1. The van der Waals surface area contributed by atoms with Gasteiger partial charge in [-0.15, -0.1) is 0 Å². The smallest absolute Gasteiger partial charge is 0.323 e. The van der Waals surface area contributed by atoms with Gasteiger partial charge < -0.3 is 15.0 Å². The predicted molar refractivity (Wildman–Crippen MR) is 114 cm³/mol. The highest BCUT2D eigenvalue weighted by molar-refractivity contribution is 5.76. The molecule has 0 bridgehead atoms. The number of ether oxygens (including phenoxy) is 1. The molecule has 7 heteroatoms. The molecule has 1 aromatic carbocycles. The van der Waals surface area contributed by atoms with Crippen LogP contribution in [0.4, 0.5) is 5.82 Å². The van der Waals surface area contributed by atoms with E-state index in [-0.39, 0.29) is 18.1 Å². The molecule has 2 fully saturated rings. The van der Waals surface area contributed by atoms with Gasteiger partial charge in [-0.1, -0.05) is 18.2 Å². The Morgan fingerprint density at radius 3 is 2.59 bits per heavy atom. The van der Waals surface area contributed by atoms with Crippen molar-refractivity contribution in [1.82, 2.24) is 20.0 Å². The molecular formula is C22H31N5O2. The number of nitrogens with zero attached hydrogens (tertiary/aromatic N) is 4. The third-order valence-electron chi connectivity index (χ3n) is 5.71. The lowest BCUT2D eigenvalue weighted by Crippen LogP contribution is -2.51. The summed E-state index contributed by atoms with van der Waals surface area (Å²) in [6.45, 7) is 10.6.